The minimum absolute atomic E-state index is 0.0229. The monoisotopic (exact) mass is 366 g/mol. The summed E-state index contributed by atoms with van der Waals surface area (Å²) in [6.07, 6.45) is -0.293. The Balaban J connectivity index is 2.10. The highest BCUT2D eigenvalue weighted by molar-refractivity contribution is 6.11. The number of anilines is 1. The van der Waals surface area contributed by atoms with Gasteiger partial charge in [0.1, 0.15) is 17.1 Å². The lowest BCUT2D eigenvalue weighted by atomic mass is 9.89. The van der Waals surface area contributed by atoms with Gasteiger partial charge in [0.2, 0.25) is 0 Å². The maximum atomic E-state index is 13.2. The highest BCUT2D eigenvalue weighted by atomic mass is 16.5. The Morgan fingerprint density at radius 2 is 1.96 bits per heavy atom. The number of aliphatic hydroxyl groups is 1. The molecule has 1 amide bonds. The van der Waals surface area contributed by atoms with Crippen molar-refractivity contribution in [2.45, 2.75) is 33.3 Å². The zero-order valence-corrected chi connectivity index (χ0v) is 15.6. The van der Waals surface area contributed by atoms with E-state index < -0.39 is 12.0 Å². The number of carbonyl (C=O) groups excluding carboxylic acids is 1. The number of aliphatic hydroxyl groups excluding tert-OH is 1. The van der Waals surface area contributed by atoms with Crippen LogP contribution in [0.25, 0.3) is 0 Å². The van der Waals surface area contributed by atoms with Gasteiger partial charge in [0.05, 0.1) is 30.0 Å². The van der Waals surface area contributed by atoms with Gasteiger partial charge in [-0.2, -0.15) is 5.26 Å². The van der Waals surface area contributed by atoms with Crippen LogP contribution in [0.1, 0.15) is 43.1 Å². The molecule has 1 heterocycles. The Hall–Kier alpha value is -3.04. The standard InChI is InChI=1S/C21H22N2O4/c1-21(2,3)10-14(24)12-23-15-9-13(11-22)7-8-17(15)27-18-6-4-5-16(25)19(18)20(23)26/h4-9,14,24-25H,10,12H2,1-3H3. The third kappa shape index (κ3) is 3.88. The fourth-order valence-electron chi connectivity index (χ4n) is 3.23. The van der Waals surface area contributed by atoms with Crippen LogP contribution in [-0.4, -0.2) is 28.8 Å². The molecule has 2 N–H and O–H groups in total. The molecule has 27 heavy (non-hydrogen) atoms. The molecular weight excluding hydrogens is 344 g/mol. The SMILES string of the molecule is CC(C)(C)CC(O)CN1C(=O)c2c(O)cccc2Oc2ccc(C#N)cc21. The van der Waals surface area contributed by atoms with E-state index in [4.69, 9.17) is 4.74 Å². The molecule has 1 aliphatic heterocycles. The molecule has 2 aromatic carbocycles. The topological polar surface area (TPSA) is 93.8 Å². The lowest BCUT2D eigenvalue weighted by Crippen LogP contribution is -2.38. The first-order valence-corrected chi connectivity index (χ1v) is 8.73. The number of hydrogen-bond donors (Lipinski definition) is 2. The Morgan fingerprint density at radius 1 is 1.22 bits per heavy atom. The molecule has 0 aromatic heterocycles. The normalized spacial score (nSPS) is 14.5. The van der Waals surface area contributed by atoms with Crippen molar-refractivity contribution in [3.8, 4) is 23.3 Å². The molecule has 0 bridgehead atoms. The first kappa shape index (κ1) is 18.7. The summed E-state index contributed by atoms with van der Waals surface area (Å²) in [5, 5.41) is 30.0. The number of phenolic OH excluding ortho intramolecular Hbond substituents is 1. The summed E-state index contributed by atoms with van der Waals surface area (Å²) in [7, 11) is 0. The van der Waals surface area contributed by atoms with Crippen molar-refractivity contribution in [2.24, 2.45) is 5.41 Å². The average Bonchev–Trinajstić information content (AvgIpc) is 2.69. The second-order valence-electron chi connectivity index (χ2n) is 7.88. The Kier molecular flexibility index (Phi) is 4.81. The maximum absolute atomic E-state index is 13.2. The molecule has 0 spiro atoms. The van der Waals surface area contributed by atoms with Crippen molar-refractivity contribution in [2.75, 3.05) is 11.4 Å². The number of carbonyl (C=O) groups is 1. The average molecular weight is 366 g/mol. The number of fused-ring (bicyclic) bond motifs is 2. The van der Waals surface area contributed by atoms with Gasteiger partial charge in [-0.25, -0.2) is 0 Å². The quantitative estimate of drug-likeness (QED) is 0.861. The van der Waals surface area contributed by atoms with Gasteiger partial charge in [0.25, 0.3) is 5.91 Å². The molecule has 6 nitrogen and oxygen atoms in total. The molecule has 0 radical (unpaired) electrons. The Labute approximate surface area is 158 Å². The number of β-amino-alcohol motifs (C(OH)–C–C–N with tert-alkyl or cyclic N) is 1. The number of phenols is 1. The van der Waals surface area contributed by atoms with E-state index in [1.165, 1.54) is 11.0 Å². The number of aromatic hydroxyl groups is 1. The van der Waals surface area contributed by atoms with E-state index in [9.17, 15) is 20.3 Å². The van der Waals surface area contributed by atoms with Crippen LogP contribution in [0.3, 0.4) is 0 Å². The summed E-state index contributed by atoms with van der Waals surface area (Å²) in [6.45, 7) is 6.04. The van der Waals surface area contributed by atoms with Crippen LogP contribution < -0.4 is 9.64 Å². The third-order valence-electron chi connectivity index (χ3n) is 4.30. The number of hydrogen-bond acceptors (Lipinski definition) is 5. The van der Waals surface area contributed by atoms with Crippen LogP contribution in [0.4, 0.5) is 5.69 Å². The first-order chi connectivity index (χ1) is 12.7. The Bertz CT molecular complexity index is 925. The molecule has 1 aliphatic rings. The minimum atomic E-state index is -0.778. The summed E-state index contributed by atoms with van der Waals surface area (Å²) in [5.41, 5.74) is 0.677. The van der Waals surface area contributed by atoms with E-state index in [1.54, 1.807) is 30.3 Å². The molecule has 0 aliphatic carbocycles. The molecular formula is C21H22N2O4. The fourth-order valence-corrected chi connectivity index (χ4v) is 3.23. The molecule has 2 aromatic rings. The van der Waals surface area contributed by atoms with Crippen LogP contribution in [0.2, 0.25) is 0 Å². The van der Waals surface area contributed by atoms with Gasteiger partial charge in [-0.3, -0.25) is 4.79 Å². The maximum Gasteiger partial charge on any atom is 0.266 e. The minimum Gasteiger partial charge on any atom is -0.507 e. The summed E-state index contributed by atoms with van der Waals surface area (Å²) < 4.78 is 5.85. The van der Waals surface area contributed by atoms with Crippen molar-refractivity contribution in [3.05, 3.63) is 47.5 Å². The van der Waals surface area contributed by atoms with E-state index in [2.05, 4.69) is 6.07 Å². The molecule has 1 atom stereocenters. The lowest BCUT2D eigenvalue weighted by Gasteiger charge is -2.28. The molecule has 0 saturated heterocycles. The fraction of sp³-hybridized carbons (Fsp3) is 0.333. The van der Waals surface area contributed by atoms with Crippen molar-refractivity contribution in [3.63, 3.8) is 0 Å². The second-order valence-corrected chi connectivity index (χ2v) is 7.88. The molecule has 3 rings (SSSR count). The van der Waals surface area contributed by atoms with E-state index in [0.29, 0.717) is 23.4 Å². The van der Waals surface area contributed by atoms with Gasteiger partial charge in [-0.15, -0.1) is 0 Å². The van der Waals surface area contributed by atoms with Gasteiger partial charge in [-0.05, 0) is 42.2 Å². The van der Waals surface area contributed by atoms with Crippen molar-refractivity contribution in [1.82, 2.24) is 0 Å². The Morgan fingerprint density at radius 3 is 2.63 bits per heavy atom. The molecule has 1 unspecified atom stereocenters. The zero-order valence-electron chi connectivity index (χ0n) is 15.6. The van der Waals surface area contributed by atoms with Crippen LogP contribution >= 0.6 is 0 Å². The molecule has 140 valence electrons. The highest BCUT2D eigenvalue weighted by Gasteiger charge is 2.32. The zero-order chi connectivity index (χ0) is 19.8. The van der Waals surface area contributed by atoms with Crippen molar-refractivity contribution in [1.29, 1.82) is 5.26 Å². The second kappa shape index (κ2) is 6.93. The molecule has 0 fully saturated rings. The number of ether oxygens (including phenoxy) is 1. The number of amides is 1. The number of benzene rings is 2. The van der Waals surface area contributed by atoms with Gasteiger partial charge < -0.3 is 19.8 Å². The van der Waals surface area contributed by atoms with Crippen molar-refractivity contribution >= 4 is 11.6 Å². The van der Waals surface area contributed by atoms with Gasteiger partial charge in [-0.1, -0.05) is 26.8 Å². The lowest BCUT2D eigenvalue weighted by molar-refractivity contribution is 0.0925. The smallest absolute Gasteiger partial charge is 0.266 e. The predicted molar refractivity (Wildman–Crippen MR) is 101 cm³/mol. The van der Waals surface area contributed by atoms with Crippen LogP contribution in [0, 0.1) is 16.7 Å². The largest absolute Gasteiger partial charge is 0.507 e. The molecule has 0 saturated carbocycles. The van der Waals surface area contributed by atoms with E-state index in [0.717, 1.165) is 0 Å². The number of nitrogens with zero attached hydrogens (tertiary/aromatic N) is 2. The summed E-state index contributed by atoms with van der Waals surface area (Å²) >= 11 is 0. The van der Waals surface area contributed by atoms with E-state index in [-0.39, 0.29) is 29.0 Å². The number of nitriles is 1. The highest BCUT2D eigenvalue weighted by Crippen LogP contribution is 2.42. The molecule has 6 heteroatoms. The van der Waals surface area contributed by atoms with Crippen molar-refractivity contribution < 1.29 is 19.7 Å². The van der Waals surface area contributed by atoms with Crippen LogP contribution in [0.5, 0.6) is 17.2 Å². The summed E-state index contributed by atoms with van der Waals surface area (Å²) in [5.74, 6) is -0.0561. The first-order valence-electron chi connectivity index (χ1n) is 8.73. The van der Waals surface area contributed by atoms with Gasteiger partial charge >= 0.3 is 0 Å². The third-order valence-corrected chi connectivity index (χ3v) is 4.30. The number of rotatable bonds is 3. The predicted octanol–water partition coefficient (Wildman–Crippen LogP) is 3.81. The summed E-state index contributed by atoms with van der Waals surface area (Å²) in [4.78, 5) is 14.6. The van der Waals surface area contributed by atoms with Crippen LogP contribution in [-0.2, 0) is 0 Å². The van der Waals surface area contributed by atoms with E-state index in [1.807, 2.05) is 20.8 Å². The van der Waals surface area contributed by atoms with Gasteiger partial charge in [0, 0.05) is 0 Å². The van der Waals surface area contributed by atoms with Crippen LogP contribution in [0.15, 0.2) is 36.4 Å². The van der Waals surface area contributed by atoms with Gasteiger partial charge in [0.15, 0.2) is 5.75 Å². The van der Waals surface area contributed by atoms with E-state index >= 15 is 0 Å². The summed E-state index contributed by atoms with van der Waals surface area (Å²) in [6, 6.07) is 11.4.